The highest BCUT2D eigenvalue weighted by molar-refractivity contribution is 7.86. The summed E-state index contributed by atoms with van der Waals surface area (Å²) in [4.78, 5) is 12.7. The Bertz CT molecular complexity index is 1030. The number of hydrogen-bond acceptors (Lipinski definition) is 4. The van der Waals surface area contributed by atoms with Crippen molar-refractivity contribution in [1.82, 2.24) is 0 Å². The Balaban J connectivity index is 1.74. The lowest BCUT2D eigenvalue weighted by Gasteiger charge is -2.14. The van der Waals surface area contributed by atoms with Gasteiger partial charge in [0, 0.05) is 6.42 Å². The van der Waals surface area contributed by atoms with Gasteiger partial charge in [-0.2, -0.15) is 8.42 Å². The van der Waals surface area contributed by atoms with Crippen LogP contribution in [0.25, 0.3) is 0 Å². The van der Waals surface area contributed by atoms with Crippen molar-refractivity contribution in [3.05, 3.63) is 102 Å². The van der Waals surface area contributed by atoms with E-state index in [1.54, 1.807) is 42.5 Å². The summed E-state index contributed by atoms with van der Waals surface area (Å²) in [6, 6.07) is 24.6. The molecule has 144 valence electrons. The van der Waals surface area contributed by atoms with Crippen molar-refractivity contribution in [1.29, 1.82) is 0 Å². The lowest BCUT2D eigenvalue weighted by molar-refractivity contribution is -0.118. The second kappa shape index (κ2) is 8.82. The van der Waals surface area contributed by atoms with Gasteiger partial charge in [0.25, 0.3) is 10.1 Å². The Morgan fingerprint density at radius 3 is 2.11 bits per heavy atom. The molecule has 1 unspecified atom stereocenters. The smallest absolute Gasteiger partial charge is 0.279 e. The van der Waals surface area contributed by atoms with E-state index in [4.69, 9.17) is 4.74 Å². The van der Waals surface area contributed by atoms with E-state index >= 15 is 0 Å². The highest BCUT2D eigenvalue weighted by Crippen LogP contribution is 2.25. The van der Waals surface area contributed by atoms with Gasteiger partial charge < -0.3 is 4.74 Å². The van der Waals surface area contributed by atoms with Crippen molar-refractivity contribution in [3.63, 3.8) is 0 Å². The van der Waals surface area contributed by atoms with E-state index in [1.807, 2.05) is 30.3 Å². The minimum Gasteiger partial charge on any atom is -0.489 e. The molecule has 0 heterocycles. The zero-order valence-electron chi connectivity index (χ0n) is 15.1. The SMILES string of the molecule is O=C(Cc1cccc(OCc2ccccc2)c1)C(c1ccccc1)S(=O)(=O)O. The molecule has 0 radical (unpaired) electrons. The Kier molecular flexibility index (Phi) is 6.23. The molecule has 3 aromatic carbocycles. The summed E-state index contributed by atoms with van der Waals surface area (Å²) in [6.07, 6.45) is -0.137. The molecule has 0 aliphatic carbocycles. The molecule has 0 bridgehead atoms. The lowest BCUT2D eigenvalue weighted by atomic mass is 10.0. The van der Waals surface area contributed by atoms with Gasteiger partial charge in [-0.15, -0.1) is 0 Å². The van der Waals surface area contributed by atoms with Crippen LogP contribution in [0.1, 0.15) is 21.9 Å². The first kappa shape index (κ1) is 19.8. The normalized spacial score (nSPS) is 12.3. The van der Waals surface area contributed by atoms with Gasteiger partial charge in [0.05, 0.1) is 0 Å². The Hall–Kier alpha value is -2.96. The predicted molar refractivity (Wildman–Crippen MR) is 107 cm³/mol. The summed E-state index contributed by atoms with van der Waals surface area (Å²) in [5.74, 6) is -0.0221. The quantitative estimate of drug-likeness (QED) is 0.582. The number of rotatable bonds is 8. The first-order valence-electron chi connectivity index (χ1n) is 8.73. The number of hydrogen-bond donors (Lipinski definition) is 1. The van der Waals surface area contributed by atoms with Gasteiger partial charge >= 0.3 is 0 Å². The third kappa shape index (κ3) is 5.28. The van der Waals surface area contributed by atoms with Crippen LogP contribution in [0.4, 0.5) is 0 Å². The topological polar surface area (TPSA) is 80.7 Å². The minimum atomic E-state index is -4.57. The van der Waals surface area contributed by atoms with Crippen LogP contribution in [0.15, 0.2) is 84.9 Å². The molecule has 0 saturated carbocycles. The van der Waals surface area contributed by atoms with E-state index in [0.29, 0.717) is 17.9 Å². The van der Waals surface area contributed by atoms with E-state index in [0.717, 1.165) is 5.56 Å². The Labute approximate surface area is 164 Å². The lowest BCUT2D eigenvalue weighted by Crippen LogP contribution is -2.23. The van der Waals surface area contributed by atoms with Gasteiger partial charge in [0.1, 0.15) is 12.4 Å². The van der Waals surface area contributed by atoms with Crippen molar-refractivity contribution in [2.24, 2.45) is 0 Å². The van der Waals surface area contributed by atoms with Gasteiger partial charge in [-0.3, -0.25) is 9.35 Å². The van der Waals surface area contributed by atoms with Gasteiger partial charge in [-0.25, -0.2) is 0 Å². The van der Waals surface area contributed by atoms with Crippen molar-refractivity contribution < 1.29 is 22.5 Å². The number of ketones is 1. The average Bonchev–Trinajstić information content (AvgIpc) is 2.67. The highest BCUT2D eigenvalue weighted by atomic mass is 32.2. The number of carbonyl (C=O) groups is 1. The number of Topliss-reactive ketones (excluding diaryl/α,β-unsaturated/α-hetero) is 1. The van der Waals surface area contributed by atoms with Crippen molar-refractivity contribution >= 4 is 15.9 Å². The van der Waals surface area contributed by atoms with Crippen LogP contribution in [0.2, 0.25) is 0 Å². The van der Waals surface area contributed by atoms with Crippen LogP contribution in [0, 0.1) is 0 Å². The fourth-order valence-electron chi connectivity index (χ4n) is 2.93. The van der Waals surface area contributed by atoms with Crippen molar-refractivity contribution in [2.75, 3.05) is 0 Å². The fraction of sp³-hybridized carbons (Fsp3) is 0.136. The van der Waals surface area contributed by atoms with Crippen LogP contribution in [0.5, 0.6) is 5.75 Å². The molecular weight excluding hydrogens is 376 g/mol. The second-order valence-corrected chi connectivity index (χ2v) is 7.87. The molecule has 0 fully saturated rings. The first-order chi connectivity index (χ1) is 13.4. The molecule has 6 heteroatoms. The van der Waals surface area contributed by atoms with Crippen LogP contribution in [0.3, 0.4) is 0 Å². The van der Waals surface area contributed by atoms with Crippen LogP contribution in [-0.4, -0.2) is 18.8 Å². The zero-order valence-corrected chi connectivity index (χ0v) is 15.9. The van der Waals surface area contributed by atoms with Gasteiger partial charge in [0.15, 0.2) is 11.0 Å². The summed E-state index contributed by atoms with van der Waals surface area (Å²) in [5.41, 5.74) is 1.87. The monoisotopic (exact) mass is 396 g/mol. The average molecular weight is 396 g/mol. The van der Waals surface area contributed by atoms with Gasteiger partial charge in [-0.05, 0) is 28.8 Å². The molecule has 0 aromatic heterocycles. The molecule has 0 aliphatic rings. The molecule has 0 aliphatic heterocycles. The first-order valence-corrected chi connectivity index (χ1v) is 10.2. The summed E-state index contributed by atoms with van der Waals surface area (Å²) < 4.78 is 38.9. The Morgan fingerprint density at radius 2 is 1.46 bits per heavy atom. The second-order valence-electron chi connectivity index (χ2n) is 6.37. The third-order valence-corrected chi connectivity index (χ3v) is 5.35. The molecular formula is C22H20O5S. The summed E-state index contributed by atoms with van der Waals surface area (Å²) in [6.45, 7) is 0.385. The number of carbonyl (C=O) groups excluding carboxylic acids is 1. The number of benzene rings is 3. The standard InChI is InChI=1S/C22H20O5S/c23-21(22(28(24,25)26)19-11-5-2-6-12-19)15-18-10-7-13-20(14-18)27-16-17-8-3-1-4-9-17/h1-14,22H,15-16H2,(H,24,25,26). The van der Waals surface area contributed by atoms with Crippen LogP contribution >= 0.6 is 0 Å². The molecule has 0 spiro atoms. The highest BCUT2D eigenvalue weighted by Gasteiger charge is 2.32. The molecule has 1 atom stereocenters. The molecule has 3 rings (SSSR count). The molecule has 28 heavy (non-hydrogen) atoms. The maximum absolute atomic E-state index is 12.7. The van der Waals surface area contributed by atoms with Crippen LogP contribution in [-0.2, 0) is 27.9 Å². The summed E-state index contributed by atoms with van der Waals surface area (Å²) in [7, 11) is -4.57. The molecule has 0 amide bonds. The van der Waals surface area contributed by atoms with E-state index in [2.05, 4.69) is 0 Å². The van der Waals surface area contributed by atoms with Gasteiger partial charge in [0.2, 0.25) is 0 Å². The molecule has 1 N–H and O–H groups in total. The largest absolute Gasteiger partial charge is 0.489 e. The van der Waals surface area contributed by atoms with E-state index in [-0.39, 0.29) is 12.0 Å². The summed E-state index contributed by atoms with van der Waals surface area (Å²) >= 11 is 0. The minimum absolute atomic E-state index is 0.137. The van der Waals surface area contributed by atoms with E-state index in [9.17, 15) is 17.8 Å². The molecule has 3 aromatic rings. The van der Waals surface area contributed by atoms with Gasteiger partial charge in [-0.1, -0.05) is 72.8 Å². The van der Waals surface area contributed by atoms with E-state index in [1.165, 1.54) is 12.1 Å². The maximum atomic E-state index is 12.7. The molecule has 0 saturated heterocycles. The zero-order chi connectivity index (χ0) is 20.0. The predicted octanol–water partition coefficient (Wildman–Crippen LogP) is 4.01. The van der Waals surface area contributed by atoms with Crippen molar-refractivity contribution in [2.45, 2.75) is 18.3 Å². The maximum Gasteiger partial charge on any atom is 0.279 e. The third-order valence-electron chi connectivity index (χ3n) is 4.22. The summed E-state index contributed by atoms with van der Waals surface area (Å²) in [5, 5.41) is -1.61. The van der Waals surface area contributed by atoms with Crippen LogP contribution < -0.4 is 4.74 Å². The Morgan fingerprint density at radius 1 is 0.857 bits per heavy atom. The molecule has 5 nitrogen and oxygen atoms in total. The van der Waals surface area contributed by atoms with E-state index < -0.39 is 21.2 Å². The van der Waals surface area contributed by atoms with Crippen molar-refractivity contribution in [3.8, 4) is 5.75 Å². The fourth-order valence-corrected chi connectivity index (χ4v) is 3.85. The number of ether oxygens (including phenoxy) is 1.